The van der Waals surface area contributed by atoms with E-state index in [1.54, 1.807) is 25.1 Å². The minimum Gasteiger partial charge on any atom is -0.508 e. The lowest BCUT2D eigenvalue weighted by atomic mass is 9.71. The van der Waals surface area contributed by atoms with Crippen molar-refractivity contribution in [3.63, 3.8) is 0 Å². The number of H-pyrrole nitrogens is 1. The molecule has 2 atom stereocenters. The van der Waals surface area contributed by atoms with Gasteiger partial charge in [-0.1, -0.05) is 31.0 Å². The molecule has 6 nitrogen and oxygen atoms in total. The number of esters is 1. The fraction of sp³-hybridized carbons (Fsp3) is 0.444. The standard InChI is InChI=1S/C27H34N2O4/c1-4-33-26(31)25-22(24-18(3)12-17(2)13-23(24)29-25)16-28-15-20-8-5-6-11-27(20,32)19-9-7-10-21(30)14-19/h7,9-10,12-14,20,28-30,32H,4-6,8,11,15-16H2,1-3H3. The Morgan fingerprint density at radius 1 is 1.24 bits per heavy atom. The summed E-state index contributed by atoms with van der Waals surface area (Å²) in [4.78, 5) is 15.9. The highest BCUT2D eigenvalue weighted by Crippen LogP contribution is 2.42. The van der Waals surface area contributed by atoms with Crippen LogP contribution in [0, 0.1) is 19.8 Å². The van der Waals surface area contributed by atoms with E-state index < -0.39 is 5.60 Å². The van der Waals surface area contributed by atoms with Gasteiger partial charge in [-0.25, -0.2) is 4.79 Å². The molecule has 1 saturated carbocycles. The van der Waals surface area contributed by atoms with E-state index in [1.165, 1.54) is 0 Å². The van der Waals surface area contributed by atoms with Crippen molar-refractivity contribution in [3.05, 3.63) is 64.3 Å². The van der Waals surface area contributed by atoms with Gasteiger partial charge >= 0.3 is 5.97 Å². The number of benzene rings is 2. The number of phenols is 1. The fourth-order valence-electron chi connectivity index (χ4n) is 5.38. The van der Waals surface area contributed by atoms with Gasteiger partial charge < -0.3 is 25.3 Å². The maximum atomic E-state index is 12.7. The first-order valence-corrected chi connectivity index (χ1v) is 11.8. The molecule has 2 unspecified atom stereocenters. The molecule has 3 aromatic rings. The van der Waals surface area contributed by atoms with Crippen LogP contribution in [-0.2, 0) is 16.9 Å². The quantitative estimate of drug-likeness (QED) is 0.387. The summed E-state index contributed by atoms with van der Waals surface area (Å²) in [6.45, 7) is 7.32. The van der Waals surface area contributed by atoms with Crippen LogP contribution in [0.15, 0.2) is 36.4 Å². The number of hydrogen-bond donors (Lipinski definition) is 4. The zero-order chi connectivity index (χ0) is 23.6. The number of aromatic nitrogens is 1. The Hall–Kier alpha value is -2.83. The Morgan fingerprint density at radius 2 is 2.06 bits per heavy atom. The van der Waals surface area contributed by atoms with Crippen molar-refractivity contribution in [2.24, 2.45) is 5.92 Å². The summed E-state index contributed by atoms with van der Waals surface area (Å²) in [7, 11) is 0. The molecule has 0 saturated heterocycles. The van der Waals surface area contributed by atoms with E-state index in [0.29, 0.717) is 31.8 Å². The Labute approximate surface area is 195 Å². The molecule has 0 bridgehead atoms. The lowest BCUT2D eigenvalue weighted by molar-refractivity contribution is -0.0538. The predicted octanol–water partition coefficient (Wildman–Crippen LogP) is 4.83. The Balaban J connectivity index is 1.59. The van der Waals surface area contributed by atoms with Crippen LogP contribution in [0.5, 0.6) is 5.75 Å². The van der Waals surface area contributed by atoms with E-state index in [2.05, 4.69) is 29.4 Å². The molecule has 6 heteroatoms. The molecule has 0 spiro atoms. The molecule has 176 valence electrons. The zero-order valence-corrected chi connectivity index (χ0v) is 19.7. The third kappa shape index (κ3) is 4.63. The summed E-state index contributed by atoms with van der Waals surface area (Å²) in [5.74, 6) is -0.175. The first kappa shape index (κ1) is 23.3. The highest BCUT2D eigenvalue weighted by atomic mass is 16.5. The molecule has 4 N–H and O–H groups in total. The molecule has 1 aliphatic rings. The Bertz CT molecular complexity index is 1150. The lowest BCUT2D eigenvalue weighted by Gasteiger charge is -2.40. The molecule has 2 aromatic carbocycles. The second-order valence-corrected chi connectivity index (χ2v) is 9.25. The first-order chi connectivity index (χ1) is 15.8. The molecule has 0 aliphatic heterocycles. The van der Waals surface area contributed by atoms with Gasteiger partial charge in [0.05, 0.1) is 12.2 Å². The number of carbonyl (C=O) groups excluding carboxylic acids is 1. The van der Waals surface area contributed by atoms with Crippen LogP contribution >= 0.6 is 0 Å². The van der Waals surface area contributed by atoms with Crippen molar-refractivity contribution in [1.82, 2.24) is 10.3 Å². The van der Waals surface area contributed by atoms with Crippen molar-refractivity contribution in [1.29, 1.82) is 0 Å². The summed E-state index contributed by atoms with van der Waals surface area (Å²) in [5, 5.41) is 26.1. The third-order valence-electron chi connectivity index (χ3n) is 6.90. The van der Waals surface area contributed by atoms with Crippen LogP contribution < -0.4 is 5.32 Å². The Morgan fingerprint density at radius 3 is 2.82 bits per heavy atom. The van der Waals surface area contributed by atoms with Gasteiger partial charge in [-0.05, 0) is 68.5 Å². The van der Waals surface area contributed by atoms with Crippen molar-refractivity contribution < 1.29 is 19.7 Å². The monoisotopic (exact) mass is 450 g/mol. The van der Waals surface area contributed by atoms with Gasteiger partial charge in [0.25, 0.3) is 0 Å². The molecule has 1 fully saturated rings. The second kappa shape index (κ2) is 9.57. The van der Waals surface area contributed by atoms with E-state index in [4.69, 9.17) is 4.74 Å². The number of hydrogen-bond acceptors (Lipinski definition) is 5. The summed E-state index contributed by atoms with van der Waals surface area (Å²) >= 11 is 0. The van der Waals surface area contributed by atoms with Crippen molar-refractivity contribution >= 4 is 16.9 Å². The van der Waals surface area contributed by atoms with E-state index >= 15 is 0 Å². The van der Waals surface area contributed by atoms with E-state index in [0.717, 1.165) is 52.4 Å². The predicted molar refractivity (Wildman–Crippen MR) is 129 cm³/mol. The minimum absolute atomic E-state index is 0.00707. The minimum atomic E-state index is -0.985. The van der Waals surface area contributed by atoms with Crippen molar-refractivity contribution in [3.8, 4) is 5.75 Å². The van der Waals surface area contributed by atoms with Gasteiger partial charge in [-0.2, -0.15) is 0 Å². The van der Waals surface area contributed by atoms with Crippen LogP contribution in [0.2, 0.25) is 0 Å². The number of ether oxygens (including phenoxy) is 1. The van der Waals surface area contributed by atoms with Crippen molar-refractivity contribution in [2.75, 3.05) is 13.2 Å². The molecular weight excluding hydrogens is 416 g/mol. The molecule has 0 amide bonds. The number of aliphatic hydroxyl groups is 1. The normalized spacial score (nSPS) is 20.8. The average Bonchev–Trinajstić information content (AvgIpc) is 3.14. The first-order valence-electron chi connectivity index (χ1n) is 11.8. The molecule has 4 rings (SSSR count). The number of rotatable bonds is 7. The molecule has 0 radical (unpaired) electrons. The largest absolute Gasteiger partial charge is 0.508 e. The number of nitrogens with one attached hydrogen (secondary N) is 2. The van der Waals surface area contributed by atoms with Gasteiger partial charge in [0.1, 0.15) is 11.4 Å². The van der Waals surface area contributed by atoms with Crippen LogP contribution in [-0.4, -0.2) is 34.3 Å². The van der Waals surface area contributed by atoms with E-state index in [1.807, 2.05) is 13.0 Å². The van der Waals surface area contributed by atoms with Crippen LogP contribution in [0.1, 0.15) is 65.3 Å². The van der Waals surface area contributed by atoms with Gasteiger partial charge in [-0.3, -0.25) is 0 Å². The fourth-order valence-corrected chi connectivity index (χ4v) is 5.38. The van der Waals surface area contributed by atoms with Crippen LogP contribution in [0.4, 0.5) is 0 Å². The number of aryl methyl sites for hydroxylation is 2. The molecule has 1 aromatic heterocycles. The summed E-state index contributed by atoms with van der Waals surface area (Å²) < 4.78 is 5.31. The third-order valence-corrected chi connectivity index (χ3v) is 6.90. The van der Waals surface area contributed by atoms with Gasteiger partial charge in [0, 0.05) is 35.5 Å². The number of aromatic hydroxyl groups is 1. The molecule has 1 aliphatic carbocycles. The van der Waals surface area contributed by atoms with Crippen molar-refractivity contribution in [2.45, 2.75) is 58.6 Å². The van der Waals surface area contributed by atoms with Gasteiger partial charge in [0.2, 0.25) is 0 Å². The zero-order valence-electron chi connectivity index (χ0n) is 19.7. The summed E-state index contributed by atoms with van der Waals surface area (Å²) in [6.07, 6.45) is 3.59. The van der Waals surface area contributed by atoms with Crippen LogP contribution in [0.25, 0.3) is 10.9 Å². The molecule has 1 heterocycles. The highest BCUT2D eigenvalue weighted by Gasteiger charge is 2.40. The average molecular weight is 451 g/mol. The van der Waals surface area contributed by atoms with E-state index in [-0.39, 0.29) is 17.6 Å². The number of aromatic amines is 1. The number of fused-ring (bicyclic) bond motifs is 1. The Kier molecular flexibility index (Phi) is 6.77. The summed E-state index contributed by atoms with van der Waals surface area (Å²) in [6, 6.07) is 11.1. The maximum Gasteiger partial charge on any atom is 0.355 e. The van der Waals surface area contributed by atoms with Gasteiger partial charge in [0.15, 0.2) is 0 Å². The smallest absolute Gasteiger partial charge is 0.355 e. The second-order valence-electron chi connectivity index (χ2n) is 9.25. The van der Waals surface area contributed by atoms with Crippen LogP contribution in [0.3, 0.4) is 0 Å². The molecular formula is C27H34N2O4. The van der Waals surface area contributed by atoms with Gasteiger partial charge in [-0.15, -0.1) is 0 Å². The molecule has 33 heavy (non-hydrogen) atoms. The van der Waals surface area contributed by atoms with E-state index in [9.17, 15) is 15.0 Å². The number of phenolic OH excluding ortho intramolecular Hbond substituents is 1. The SMILES string of the molecule is CCOC(=O)c1[nH]c2cc(C)cc(C)c2c1CNCC1CCCCC1(O)c1cccc(O)c1. The summed E-state index contributed by atoms with van der Waals surface area (Å²) in [5.41, 5.74) is 4.34. The maximum absolute atomic E-state index is 12.7. The number of carbonyl (C=O) groups is 1. The highest BCUT2D eigenvalue weighted by molar-refractivity contribution is 5.99. The lowest BCUT2D eigenvalue weighted by Crippen LogP contribution is -2.43. The topological polar surface area (TPSA) is 94.6 Å².